The van der Waals surface area contributed by atoms with Crippen molar-refractivity contribution >= 4 is 11.8 Å². The second-order valence-electron chi connectivity index (χ2n) is 7.55. The second-order valence-corrected chi connectivity index (χ2v) is 7.55. The minimum atomic E-state index is -0.274. The molecule has 2 fully saturated rings. The summed E-state index contributed by atoms with van der Waals surface area (Å²) >= 11 is 0. The number of carbonyl (C=O) groups excluding carboxylic acids is 2. The molecule has 0 saturated carbocycles. The van der Waals surface area contributed by atoms with E-state index in [0.717, 1.165) is 24.8 Å². The second kappa shape index (κ2) is 9.98. The van der Waals surface area contributed by atoms with Crippen molar-refractivity contribution in [2.45, 2.75) is 56.7 Å². The highest BCUT2D eigenvalue weighted by atomic mass is 19.1. The number of fused-ring (bicyclic) bond motifs is 1. The van der Waals surface area contributed by atoms with Gasteiger partial charge in [-0.3, -0.25) is 9.59 Å². The highest BCUT2D eigenvalue weighted by molar-refractivity contribution is 5.80. The van der Waals surface area contributed by atoms with Gasteiger partial charge >= 0.3 is 0 Å². The van der Waals surface area contributed by atoms with Crippen LogP contribution < -0.4 is 5.32 Å². The minimum absolute atomic E-state index is 0.000441. The number of halogens is 1. The van der Waals surface area contributed by atoms with E-state index in [1.807, 2.05) is 4.90 Å². The summed E-state index contributed by atoms with van der Waals surface area (Å²) in [5.74, 6) is -0.282. The molecule has 0 aromatic heterocycles. The monoisotopic (exact) mass is 392 g/mol. The zero-order valence-electron chi connectivity index (χ0n) is 16.4. The van der Waals surface area contributed by atoms with Crippen LogP contribution in [0.15, 0.2) is 24.3 Å². The van der Waals surface area contributed by atoms with Crippen molar-refractivity contribution in [2.75, 3.05) is 26.9 Å². The lowest BCUT2D eigenvalue weighted by Crippen LogP contribution is -2.50. The summed E-state index contributed by atoms with van der Waals surface area (Å²) in [6, 6.07) is 6.29. The lowest BCUT2D eigenvalue weighted by molar-refractivity contribution is -0.140. The van der Waals surface area contributed by atoms with Crippen LogP contribution in [0.25, 0.3) is 0 Å². The molecule has 28 heavy (non-hydrogen) atoms. The third-order valence-corrected chi connectivity index (χ3v) is 5.57. The molecule has 3 rings (SSSR count). The van der Waals surface area contributed by atoms with E-state index in [2.05, 4.69) is 5.32 Å². The van der Waals surface area contributed by atoms with E-state index in [1.165, 1.54) is 12.1 Å². The van der Waals surface area contributed by atoms with Crippen LogP contribution >= 0.6 is 0 Å². The number of likely N-dealkylation sites (tertiary alicyclic amines) is 1. The first-order valence-corrected chi connectivity index (χ1v) is 10.00. The quantitative estimate of drug-likeness (QED) is 0.722. The number of ether oxygens (including phenoxy) is 2. The van der Waals surface area contributed by atoms with Crippen molar-refractivity contribution in [3.63, 3.8) is 0 Å². The van der Waals surface area contributed by atoms with Crippen LogP contribution in [0.2, 0.25) is 0 Å². The Labute approximate surface area is 165 Å². The van der Waals surface area contributed by atoms with Crippen molar-refractivity contribution in [2.24, 2.45) is 0 Å². The lowest BCUT2D eigenvalue weighted by Gasteiger charge is -2.33. The zero-order chi connectivity index (χ0) is 19.9. The first-order chi connectivity index (χ1) is 13.6. The van der Waals surface area contributed by atoms with Crippen LogP contribution in [-0.2, 0) is 25.5 Å². The highest BCUT2D eigenvalue weighted by Crippen LogP contribution is 2.32. The third-order valence-electron chi connectivity index (χ3n) is 5.57. The summed E-state index contributed by atoms with van der Waals surface area (Å²) in [7, 11) is 1.59. The van der Waals surface area contributed by atoms with Crippen LogP contribution in [0.4, 0.5) is 4.39 Å². The number of amides is 2. The van der Waals surface area contributed by atoms with E-state index in [9.17, 15) is 14.0 Å². The summed E-state index contributed by atoms with van der Waals surface area (Å²) in [5.41, 5.74) is 0.977. The van der Waals surface area contributed by atoms with Gasteiger partial charge in [-0.2, -0.15) is 0 Å². The normalized spacial score (nSPS) is 25.0. The standard InChI is InChI=1S/C21H29FN2O4/c1-27-10-11-28-14-21(26)24-17(12-15-6-8-16(22)9-7-15)13-18-19(24)4-2-3-5-20(25)23-18/h6-9,17-19H,2-5,10-14H2,1H3,(H,23,25)/t17-,18+,19-/m0/s1. The number of carbonyl (C=O) groups is 2. The van der Waals surface area contributed by atoms with Gasteiger partial charge in [-0.15, -0.1) is 0 Å². The molecule has 6 nitrogen and oxygen atoms in total. The van der Waals surface area contributed by atoms with Crippen molar-refractivity contribution < 1.29 is 23.5 Å². The average Bonchev–Trinajstić information content (AvgIpc) is 2.98. The van der Waals surface area contributed by atoms with Gasteiger partial charge in [0.2, 0.25) is 11.8 Å². The molecule has 2 aliphatic rings. The van der Waals surface area contributed by atoms with Gasteiger partial charge in [-0.25, -0.2) is 4.39 Å². The Morgan fingerprint density at radius 3 is 2.79 bits per heavy atom. The molecule has 1 N–H and O–H groups in total. The molecule has 2 saturated heterocycles. The van der Waals surface area contributed by atoms with Crippen molar-refractivity contribution in [1.29, 1.82) is 0 Å². The fourth-order valence-corrected chi connectivity index (χ4v) is 4.28. The van der Waals surface area contributed by atoms with Gasteiger partial charge in [0.1, 0.15) is 12.4 Å². The van der Waals surface area contributed by atoms with Gasteiger partial charge in [-0.1, -0.05) is 18.6 Å². The maximum Gasteiger partial charge on any atom is 0.249 e. The lowest BCUT2D eigenvalue weighted by atomic mass is 9.97. The number of hydrogen-bond acceptors (Lipinski definition) is 4. The fraction of sp³-hybridized carbons (Fsp3) is 0.619. The van der Waals surface area contributed by atoms with E-state index in [0.29, 0.717) is 32.5 Å². The Morgan fingerprint density at radius 1 is 1.25 bits per heavy atom. The van der Waals surface area contributed by atoms with E-state index >= 15 is 0 Å². The first-order valence-electron chi connectivity index (χ1n) is 10.00. The zero-order valence-corrected chi connectivity index (χ0v) is 16.4. The summed E-state index contributed by atoms with van der Waals surface area (Å²) < 4.78 is 23.7. The molecular weight excluding hydrogens is 363 g/mol. The molecule has 2 aliphatic heterocycles. The summed E-state index contributed by atoms with van der Waals surface area (Å²) in [5, 5.41) is 3.11. The maximum atomic E-state index is 13.2. The summed E-state index contributed by atoms with van der Waals surface area (Å²) in [4.78, 5) is 27.0. The molecular formula is C21H29FN2O4. The molecule has 0 unspecified atom stereocenters. The molecule has 154 valence electrons. The predicted molar refractivity (Wildman–Crippen MR) is 102 cm³/mol. The molecule has 0 radical (unpaired) electrons. The van der Waals surface area contributed by atoms with Gasteiger partial charge in [0.15, 0.2) is 0 Å². The van der Waals surface area contributed by atoms with Gasteiger partial charge in [-0.05, 0) is 43.4 Å². The van der Waals surface area contributed by atoms with Crippen LogP contribution in [0.3, 0.4) is 0 Å². The topological polar surface area (TPSA) is 67.9 Å². The number of nitrogens with one attached hydrogen (secondary N) is 1. The number of hydrogen-bond donors (Lipinski definition) is 1. The number of rotatable bonds is 7. The minimum Gasteiger partial charge on any atom is -0.382 e. The Hall–Kier alpha value is -1.99. The third kappa shape index (κ3) is 5.29. The molecule has 0 spiro atoms. The Morgan fingerprint density at radius 2 is 2.04 bits per heavy atom. The number of benzene rings is 1. The van der Waals surface area contributed by atoms with Crippen LogP contribution in [0, 0.1) is 5.82 Å². The van der Waals surface area contributed by atoms with E-state index < -0.39 is 0 Å². The van der Waals surface area contributed by atoms with Crippen molar-refractivity contribution in [3.8, 4) is 0 Å². The van der Waals surface area contributed by atoms with Gasteiger partial charge in [0.25, 0.3) is 0 Å². The van der Waals surface area contributed by atoms with Crippen LogP contribution in [0.1, 0.15) is 37.7 Å². The largest absolute Gasteiger partial charge is 0.382 e. The van der Waals surface area contributed by atoms with E-state index in [-0.39, 0.29) is 42.4 Å². The van der Waals surface area contributed by atoms with Crippen LogP contribution in [-0.4, -0.2) is 61.8 Å². The Balaban J connectivity index is 1.75. The van der Waals surface area contributed by atoms with Crippen molar-refractivity contribution in [1.82, 2.24) is 10.2 Å². The molecule has 3 atom stereocenters. The predicted octanol–water partition coefficient (Wildman–Crippen LogP) is 2.06. The van der Waals surface area contributed by atoms with E-state index in [4.69, 9.17) is 9.47 Å². The maximum absolute atomic E-state index is 13.2. The van der Waals surface area contributed by atoms with Gasteiger partial charge < -0.3 is 19.7 Å². The van der Waals surface area contributed by atoms with Crippen LogP contribution in [0.5, 0.6) is 0 Å². The first kappa shape index (κ1) is 20.7. The van der Waals surface area contributed by atoms with Crippen molar-refractivity contribution in [3.05, 3.63) is 35.6 Å². The molecule has 1 aromatic carbocycles. The molecule has 0 bridgehead atoms. The number of methoxy groups -OCH3 is 1. The highest BCUT2D eigenvalue weighted by Gasteiger charge is 2.44. The Bertz CT molecular complexity index is 667. The Kier molecular flexibility index (Phi) is 7.39. The SMILES string of the molecule is COCCOCC(=O)N1[C@@H](Cc2ccc(F)cc2)C[C@H]2NC(=O)CCCC[C@@H]21. The number of nitrogens with zero attached hydrogens (tertiary/aromatic N) is 1. The van der Waals surface area contributed by atoms with Gasteiger partial charge in [0, 0.05) is 19.6 Å². The molecule has 7 heteroatoms. The molecule has 2 heterocycles. The summed E-state index contributed by atoms with van der Waals surface area (Å²) in [6.45, 7) is 0.804. The van der Waals surface area contributed by atoms with Gasteiger partial charge in [0.05, 0.1) is 25.3 Å². The summed E-state index contributed by atoms with van der Waals surface area (Å²) in [6.07, 6.45) is 4.51. The molecule has 2 amide bonds. The smallest absolute Gasteiger partial charge is 0.249 e. The average molecular weight is 392 g/mol. The van der Waals surface area contributed by atoms with E-state index in [1.54, 1.807) is 19.2 Å². The fourth-order valence-electron chi connectivity index (χ4n) is 4.28. The molecule has 1 aromatic rings. The molecule has 0 aliphatic carbocycles.